The number of benzene rings is 1. The maximum atomic E-state index is 5.29. The molecule has 0 radical (unpaired) electrons. The highest BCUT2D eigenvalue weighted by molar-refractivity contribution is 14.0. The van der Waals surface area contributed by atoms with Crippen LogP contribution < -0.4 is 16.2 Å². The Hall–Kier alpha value is -0.980. The van der Waals surface area contributed by atoms with Crippen molar-refractivity contribution < 1.29 is 4.74 Å². The summed E-state index contributed by atoms with van der Waals surface area (Å²) in [6.07, 6.45) is 0. The Morgan fingerprint density at radius 3 is 2.56 bits per heavy atom. The van der Waals surface area contributed by atoms with Crippen molar-refractivity contribution in [2.45, 2.75) is 12.8 Å². The summed E-state index contributed by atoms with van der Waals surface area (Å²) in [6, 6.07) is 7.87. The van der Waals surface area contributed by atoms with Gasteiger partial charge in [0.1, 0.15) is 5.75 Å². The molecule has 0 aliphatic heterocycles. The number of rotatable bonds is 4. The first-order valence-corrected chi connectivity index (χ1v) is 4.83. The summed E-state index contributed by atoms with van der Waals surface area (Å²) < 4.78 is 5.26. The van der Waals surface area contributed by atoms with Crippen LogP contribution in [0.2, 0.25) is 0 Å². The number of aliphatic imine (C=N–C) groups is 1. The van der Waals surface area contributed by atoms with E-state index in [1.165, 1.54) is 0 Å². The second kappa shape index (κ2) is 7.32. The zero-order chi connectivity index (χ0) is 11.3. The summed E-state index contributed by atoms with van der Waals surface area (Å²) in [5, 5.41) is 0. The molecule has 1 aromatic rings. The summed E-state index contributed by atoms with van der Waals surface area (Å²) in [6.45, 7) is 2.63. The van der Waals surface area contributed by atoms with Crippen LogP contribution >= 0.6 is 24.0 Å². The van der Waals surface area contributed by atoms with Gasteiger partial charge in [0.15, 0.2) is 5.96 Å². The molecule has 16 heavy (non-hydrogen) atoms. The first kappa shape index (κ1) is 15.0. The number of nitrogens with zero attached hydrogens (tertiary/aromatic N) is 1. The van der Waals surface area contributed by atoms with Gasteiger partial charge in [0.05, 0.1) is 7.11 Å². The second-order valence-corrected chi connectivity index (χ2v) is 3.41. The molecule has 0 aliphatic carbocycles. The fourth-order valence-electron chi connectivity index (χ4n) is 1.41. The number of ether oxygens (including phenoxy) is 1. The number of hydrogen-bond donors (Lipinski definition) is 2. The third kappa shape index (κ3) is 4.26. The van der Waals surface area contributed by atoms with Gasteiger partial charge in [-0.2, -0.15) is 0 Å². The van der Waals surface area contributed by atoms with E-state index in [2.05, 4.69) is 11.9 Å². The third-order valence-corrected chi connectivity index (χ3v) is 2.22. The lowest BCUT2D eigenvalue weighted by Gasteiger charge is -2.13. The molecular formula is C11H18IN3O. The molecule has 0 heterocycles. The van der Waals surface area contributed by atoms with E-state index in [1.807, 2.05) is 24.3 Å². The number of guanidine groups is 1. The molecule has 1 atom stereocenters. The highest BCUT2D eigenvalue weighted by Crippen LogP contribution is 2.25. The van der Waals surface area contributed by atoms with Crippen LogP contribution in [0.25, 0.3) is 0 Å². The molecule has 0 spiro atoms. The number of halogens is 1. The Morgan fingerprint density at radius 1 is 1.38 bits per heavy atom. The van der Waals surface area contributed by atoms with E-state index in [0.29, 0.717) is 6.54 Å². The van der Waals surface area contributed by atoms with Gasteiger partial charge in [-0.15, -0.1) is 24.0 Å². The van der Waals surface area contributed by atoms with Gasteiger partial charge in [-0.05, 0) is 11.6 Å². The molecule has 0 fully saturated rings. The molecule has 0 amide bonds. The molecule has 0 saturated heterocycles. The van der Waals surface area contributed by atoms with Gasteiger partial charge in [-0.25, -0.2) is 0 Å². The van der Waals surface area contributed by atoms with Gasteiger partial charge in [-0.3, -0.25) is 4.99 Å². The molecule has 4 N–H and O–H groups in total. The Balaban J connectivity index is 0.00000225. The molecule has 0 aromatic heterocycles. The summed E-state index contributed by atoms with van der Waals surface area (Å²) >= 11 is 0. The van der Waals surface area contributed by atoms with E-state index >= 15 is 0 Å². The van der Waals surface area contributed by atoms with E-state index in [4.69, 9.17) is 16.2 Å². The van der Waals surface area contributed by atoms with Crippen LogP contribution in [0, 0.1) is 0 Å². The lowest BCUT2D eigenvalue weighted by molar-refractivity contribution is 0.407. The molecule has 1 unspecified atom stereocenters. The highest BCUT2D eigenvalue weighted by atomic mass is 127. The van der Waals surface area contributed by atoms with Crippen LogP contribution in [-0.4, -0.2) is 19.6 Å². The van der Waals surface area contributed by atoms with Gasteiger partial charge in [0.25, 0.3) is 0 Å². The zero-order valence-corrected chi connectivity index (χ0v) is 11.8. The van der Waals surface area contributed by atoms with E-state index < -0.39 is 0 Å². The summed E-state index contributed by atoms with van der Waals surface area (Å²) in [7, 11) is 1.66. The zero-order valence-electron chi connectivity index (χ0n) is 9.51. The van der Waals surface area contributed by atoms with Crippen LogP contribution in [0.3, 0.4) is 0 Å². The summed E-state index contributed by atoms with van der Waals surface area (Å²) in [5.74, 6) is 1.23. The molecule has 4 nitrogen and oxygen atoms in total. The van der Waals surface area contributed by atoms with Crippen molar-refractivity contribution >= 4 is 29.9 Å². The average molecular weight is 335 g/mol. The first-order valence-electron chi connectivity index (χ1n) is 4.83. The van der Waals surface area contributed by atoms with Crippen molar-refractivity contribution in [3.05, 3.63) is 29.8 Å². The number of nitrogens with two attached hydrogens (primary N) is 2. The third-order valence-electron chi connectivity index (χ3n) is 2.22. The minimum absolute atomic E-state index is 0. The Labute approximate surface area is 113 Å². The predicted molar refractivity (Wildman–Crippen MR) is 77.5 cm³/mol. The van der Waals surface area contributed by atoms with Crippen LogP contribution in [0.15, 0.2) is 29.3 Å². The van der Waals surface area contributed by atoms with Gasteiger partial charge in [0.2, 0.25) is 0 Å². The molecule has 0 saturated carbocycles. The summed E-state index contributed by atoms with van der Waals surface area (Å²) in [5.41, 5.74) is 11.7. The number of para-hydroxylation sites is 1. The fourth-order valence-corrected chi connectivity index (χ4v) is 1.41. The number of hydrogen-bond acceptors (Lipinski definition) is 2. The normalized spacial score (nSPS) is 11.1. The minimum Gasteiger partial charge on any atom is -0.496 e. The molecule has 1 rings (SSSR count). The first-order chi connectivity index (χ1) is 7.15. The lowest BCUT2D eigenvalue weighted by atomic mass is 10.0. The van der Waals surface area contributed by atoms with E-state index in [1.54, 1.807) is 7.11 Å². The van der Waals surface area contributed by atoms with Crippen LogP contribution in [-0.2, 0) is 0 Å². The molecule has 1 aromatic carbocycles. The predicted octanol–water partition coefficient (Wildman–Crippen LogP) is 1.69. The lowest BCUT2D eigenvalue weighted by Crippen LogP contribution is -2.23. The Bertz CT molecular complexity index is 351. The van der Waals surface area contributed by atoms with Crippen molar-refractivity contribution in [1.29, 1.82) is 0 Å². The monoisotopic (exact) mass is 335 g/mol. The quantitative estimate of drug-likeness (QED) is 0.500. The SMILES string of the molecule is COc1ccccc1C(C)CN=C(N)N.I. The summed E-state index contributed by atoms with van der Waals surface area (Å²) in [4.78, 5) is 3.99. The largest absolute Gasteiger partial charge is 0.496 e. The van der Waals surface area contributed by atoms with Crippen LogP contribution in [0.5, 0.6) is 5.75 Å². The highest BCUT2D eigenvalue weighted by Gasteiger charge is 2.09. The number of methoxy groups -OCH3 is 1. The molecule has 0 aliphatic rings. The van der Waals surface area contributed by atoms with Gasteiger partial charge < -0.3 is 16.2 Å². The van der Waals surface area contributed by atoms with E-state index in [0.717, 1.165) is 11.3 Å². The van der Waals surface area contributed by atoms with E-state index in [9.17, 15) is 0 Å². The topological polar surface area (TPSA) is 73.6 Å². The second-order valence-electron chi connectivity index (χ2n) is 3.41. The molecule has 0 bridgehead atoms. The van der Waals surface area contributed by atoms with Gasteiger partial charge in [0, 0.05) is 12.5 Å². The van der Waals surface area contributed by atoms with Crippen molar-refractivity contribution in [2.75, 3.05) is 13.7 Å². The Kier molecular flexibility index (Phi) is 6.87. The molecular weight excluding hydrogens is 317 g/mol. The van der Waals surface area contributed by atoms with Crippen LogP contribution in [0.4, 0.5) is 0 Å². The minimum atomic E-state index is 0. The van der Waals surface area contributed by atoms with Crippen molar-refractivity contribution in [2.24, 2.45) is 16.5 Å². The average Bonchev–Trinajstić information content (AvgIpc) is 2.25. The van der Waals surface area contributed by atoms with Gasteiger partial charge in [-0.1, -0.05) is 25.1 Å². The smallest absolute Gasteiger partial charge is 0.185 e. The van der Waals surface area contributed by atoms with Crippen molar-refractivity contribution in [3.63, 3.8) is 0 Å². The standard InChI is InChI=1S/C11H17N3O.HI/c1-8(7-14-11(12)13)9-5-3-4-6-10(9)15-2;/h3-6,8H,7H2,1-2H3,(H4,12,13,14);1H. The van der Waals surface area contributed by atoms with Crippen molar-refractivity contribution in [3.8, 4) is 5.75 Å². The van der Waals surface area contributed by atoms with Crippen LogP contribution in [0.1, 0.15) is 18.4 Å². The van der Waals surface area contributed by atoms with Gasteiger partial charge >= 0.3 is 0 Å². The van der Waals surface area contributed by atoms with Crippen molar-refractivity contribution in [1.82, 2.24) is 0 Å². The van der Waals surface area contributed by atoms with E-state index in [-0.39, 0.29) is 35.9 Å². The Morgan fingerprint density at radius 2 is 2.00 bits per heavy atom. The molecule has 5 heteroatoms. The maximum absolute atomic E-state index is 5.29. The fraction of sp³-hybridized carbons (Fsp3) is 0.364. The maximum Gasteiger partial charge on any atom is 0.185 e. The molecule has 90 valence electrons.